The van der Waals surface area contributed by atoms with Gasteiger partial charge in [0, 0.05) is 29.9 Å². The molecule has 10 nitrogen and oxygen atoms in total. The first-order valence-electron chi connectivity index (χ1n) is 15.8. The zero-order valence-electron chi connectivity index (χ0n) is 27.9. The number of benzene rings is 2. The minimum atomic E-state index is -0.627. The van der Waals surface area contributed by atoms with Crippen molar-refractivity contribution in [1.29, 1.82) is 0 Å². The van der Waals surface area contributed by atoms with Crippen LogP contribution in [0.1, 0.15) is 92.2 Å². The van der Waals surface area contributed by atoms with Crippen molar-refractivity contribution in [3.05, 3.63) is 59.7 Å². The monoisotopic (exact) mass is 620 g/mol. The molecule has 0 radical (unpaired) electrons. The highest BCUT2D eigenvalue weighted by molar-refractivity contribution is 5.97. The zero-order valence-corrected chi connectivity index (χ0v) is 27.9. The van der Waals surface area contributed by atoms with Crippen LogP contribution in [0.25, 0.3) is 0 Å². The highest BCUT2D eigenvalue weighted by Gasteiger charge is 2.38. The topological polar surface area (TPSA) is 117 Å². The quantitative estimate of drug-likeness (QED) is 0.372. The molecule has 2 saturated heterocycles. The van der Waals surface area contributed by atoms with Crippen LogP contribution in [-0.2, 0) is 24.5 Å². The minimum Gasteiger partial charge on any atom is -0.444 e. The molecule has 4 rings (SSSR count). The van der Waals surface area contributed by atoms with E-state index in [1.165, 1.54) is 9.80 Å². The van der Waals surface area contributed by atoms with E-state index in [0.29, 0.717) is 37.3 Å². The molecule has 0 unspecified atom stereocenters. The second-order valence-corrected chi connectivity index (χ2v) is 14.4. The first kappa shape index (κ1) is 33.8. The van der Waals surface area contributed by atoms with Gasteiger partial charge in [-0.2, -0.15) is 0 Å². The number of likely N-dealkylation sites (tertiary alicyclic amines) is 2. The number of carbonyl (C=O) groups excluding carboxylic acids is 4. The van der Waals surface area contributed by atoms with Crippen molar-refractivity contribution in [3.63, 3.8) is 0 Å². The van der Waals surface area contributed by atoms with Crippen LogP contribution in [0.3, 0.4) is 0 Å². The second kappa shape index (κ2) is 13.1. The van der Waals surface area contributed by atoms with Gasteiger partial charge in [0.05, 0.1) is 0 Å². The Morgan fingerprint density at radius 2 is 0.933 bits per heavy atom. The molecule has 0 bridgehead atoms. The molecule has 2 aliphatic heterocycles. The zero-order chi connectivity index (χ0) is 33.2. The number of amides is 4. The molecule has 0 saturated carbocycles. The van der Waals surface area contributed by atoms with Gasteiger partial charge in [0.1, 0.15) is 23.3 Å². The van der Waals surface area contributed by atoms with Crippen LogP contribution in [0.15, 0.2) is 48.5 Å². The lowest BCUT2D eigenvalue weighted by Crippen LogP contribution is -2.45. The summed E-state index contributed by atoms with van der Waals surface area (Å²) in [6.45, 7) is 16.1. The predicted octanol–water partition coefficient (Wildman–Crippen LogP) is 6.69. The molecule has 10 heteroatoms. The van der Waals surface area contributed by atoms with Crippen molar-refractivity contribution in [2.75, 3.05) is 23.7 Å². The molecule has 2 heterocycles. The number of rotatable bonds is 6. The largest absolute Gasteiger partial charge is 0.444 e. The van der Waals surface area contributed by atoms with E-state index in [0.717, 1.165) is 24.0 Å². The lowest BCUT2D eigenvalue weighted by Gasteiger charge is -2.28. The summed E-state index contributed by atoms with van der Waals surface area (Å²) in [6, 6.07) is 14.3. The summed E-state index contributed by atoms with van der Waals surface area (Å²) in [5.74, 6) is -0.454. The van der Waals surface area contributed by atoms with Crippen LogP contribution in [-0.4, -0.2) is 70.2 Å². The first-order chi connectivity index (χ1) is 20.9. The number of ether oxygens (including phenoxy) is 2. The van der Waals surface area contributed by atoms with Gasteiger partial charge in [0.25, 0.3) is 0 Å². The van der Waals surface area contributed by atoms with Crippen molar-refractivity contribution in [3.8, 4) is 0 Å². The van der Waals surface area contributed by atoms with Crippen LogP contribution >= 0.6 is 0 Å². The normalized spacial score (nSPS) is 18.8. The third kappa shape index (κ3) is 8.55. The fourth-order valence-corrected chi connectivity index (χ4v) is 5.71. The Kier molecular flexibility index (Phi) is 9.85. The van der Waals surface area contributed by atoms with E-state index in [1.807, 2.05) is 90.1 Å². The van der Waals surface area contributed by atoms with Gasteiger partial charge in [0.15, 0.2) is 0 Å². The molecule has 0 aromatic heterocycles. The molecule has 244 valence electrons. The maximum Gasteiger partial charge on any atom is 0.410 e. The predicted molar refractivity (Wildman–Crippen MR) is 174 cm³/mol. The van der Waals surface area contributed by atoms with Gasteiger partial charge in [-0.15, -0.1) is 0 Å². The Morgan fingerprint density at radius 3 is 1.24 bits per heavy atom. The van der Waals surface area contributed by atoms with E-state index in [2.05, 4.69) is 24.5 Å². The van der Waals surface area contributed by atoms with Crippen molar-refractivity contribution in [1.82, 2.24) is 9.80 Å². The summed E-state index contributed by atoms with van der Waals surface area (Å²) >= 11 is 0. The highest BCUT2D eigenvalue weighted by Crippen LogP contribution is 2.33. The van der Waals surface area contributed by atoms with Gasteiger partial charge < -0.3 is 20.1 Å². The van der Waals surface area contributed by atoms with Gasteiger partial charge in [-0.05, 0) is 103 Å². The number of hydrogen-bond donors (Lipinski definition) is 2. The minimum absolute atomic E-state index is 0.227. The summed E-state index contributed by atoms with van der Waals surface area (Å²) in [6.07, 6.45) is 1.74. The molecular formula is C35H48N4O6. The molecular weight excluding hydrogens is 572 g/mol. The Bertz CT molecular complexity index is 1280. The van der Waals surface area contributed by atoms with Crippen molar-refractivity contribution >= 4 is 35.4 Å². The van der Waals surface area contributed by atoms with Crippen LogP contribution in [0.2, 0.25) is 0 Å². The molecule has 2 aromatic carbocycles. The molecule has 2 atom stereocenters. The van der Waals surface area contributed by atoms with Crippen molar-refractivity contribution < 1.29 is 28.7 Å². The van der Waals surface area contributed by atoms with Gasteiger partial charge in [-0.3, -0.25) is 19.4 Å². The molecule has 4 amide bonds. The smallest absolute Gasteiger partial charge is 0.410 e. The third-order valence-corrected chi connectivity index (χ3v) is 8.12. The van der Waals surface area contributed by atoms with E-state index < -0.39 is 35.5 Å². The summed E-state index contributed by atoms with van der Waals surface area (Å²) < 4.78 is 11.0. The molecule has 0 aliphatic carbocycles. The maximum absolute atomic E-state index is 13.1. The number of anilines is 2. The van der Waals surface area contributed by atoms with Gasteiger partial charge in [-0.25, -0.2) is 9.59 Å². The maximum atomic E-state index is 13.1. The second-order valence-electron chi connectivity index (χ2n) is 14.4. The lowest BCUT2D eigenvalue weighted by molar-refractivity contribution is -0.121. The Morgan fingerprint density at radius 1 is 0.600 bits per heavy atom. The number of carbonyl (C=O) groups is 4. The fraction of sp³-hybridized carbons (Fsp3) is 0.543. The summed E-state index contributed by atoms with van der Waals surface area (Å²) in [5.41, 5.74) is 1.79. The first-order valence-corrected chi connectivity index (χ1v) is 15.8. The fourth-order valence-electron chi connectivity index (χ4n) is 5.71. The summed E-state index contributed by atoms with van der Waals surface area (Å²) in [7, 11) is 0. The Balaban J connectivity index is 1.36. The molecule has 2 N–H and O–H groups in total. The Hall–Kier alpha value is -4.08. The number of hydrogen-bond acceptors (Lipinski definition) is 6. The lowest BCUT2D eigenvalue weighted by atomic mass is 9.78. The van der Waals surface area contributed by atoms with Crippen LogP contribution in [0.5, 0.6) is 0 Å². The summed E-state index contributed by atoms with van der Waals surface area (Å²) in [4.78, 5) is 54.4. The van der Waals surface area contributed by atoms with E-state index >= 15 is 0 Å². The average Bonchev–Trinajstić information content (AvgIpc) is 3.63. The van der Waals surface area contributed by atoms with Crippen LogP contribution in [0, 0.1) is 0 Å². The third-order valence-electron chi connectivity index (χ3n) is 8.12. The molecule has 2 fully saturated rings. The van der Waals surface area contributed by atoms with E-state index in [4.69, 9.17) is 9.47 Å². The van der Waals surface area contributed by atoms with Crippen molar-refractivity contribution in [2.45, 2.75) is 110 Å². The number of nitrogens with zero attached hydrogens (tertiary/aromatic N) is 2. The SMILES string of the molecule is CC(C)(C)OC(=O)N1CCC[C@H]1C(=O)Nc1ccc(C(C)(C)c2ccc(NC(=O)[C@@H]3CCCN3C(=O)OC(C)(C)C)cc2)cc1. The molecule has 45 heavy (non-hydrogen) atoms. The van der Waals surface area contributed by atoms with E-state index in [-0.39, 0.29) is 17.2 Å². The average molecular weight is 621 g/mol. The van der Waals surface area contributed by atoms with E-state index in [9.17, 15) is 19.2 Å². The van der Waals surface area contributed by atoms with Crippen molar-refractivity contribution in [2.24, 2.45) is 0 Å². The molecule has 0 spiro atoms. The molecule has 2 aromatic rings. The number of nitrogens with one attached hydrogen (secondary N) is 2. The van der Waals surface area contributed by atoms with E-state index in [1.54, 1.807) is 0 Å². The highest BCUT2D eigenvalue weighted by atomic mass is 16.6. The molecule has 2 aliphatic rings. The summed E-state index contributed by atoms with van der Waals surface area (Å²) in [5, 5.41) is 5.92. The van der Waals surface area contributed by atoms with Crippen LogP contribution in [0.4, 0.5) is 21.0 Å². The van der Waals surface area contributed by atoms with Crippen LogP contribution < -0.4 is 10.6 Å². The van der Waals surface area contributed by atoms with Gasteiger partial charge >= 0.3 is 12.2 Å². The standard InChI is InChI=1S/C35H48N4O6/c1-33(2,3)44-31(42)38-21-9-11-27(38)29(40)36-25-17-13-23(14-18-25)35(7,8)24-15-19-26(20-16-24)37-30(41)28-12-10-22-39(28)32(43)45-34(4,5)6/h13-20,27-28H,9-12,21-22H2,1-8H3,(H,36,40)(H,37,41)/t27-,28-/m0/s1. The Labute approximate surface area is 266 Å². The van der Waals surface area contributed by atoms with Gasteiger partial charge in [-0.1, -0.05) is 38.1 Å². The van der Waals surface area contributed by atoms with Gasteiger partial charge in [0.2, 0.25) is 11.8 Å².